The monoisotopic (exact) mass is 408 g/mol. The number of para-hydroxylation sites is 1. The van der Waals surface area contributed by atoms with Crippen LogP contribution in [-0.4, -0.2) is 38.0 Å². The van der Waals surface area contributed by atoms with E-state index in [9.17, 15) is 14.4 Å². The van der Waals surface area contributed by atoms with E-state index >= 15 is 0 Å². The van der Waals surface area contributed by atoms with E-state index in [1.807, 2.05) is 0 Å². The van der Waals surface area contributed by atoms with Crippen LogP contribution < -0.4 is 25.1 Å². The van der Waals surface area contributed by atoms with Crippen molar-refractivity contribution in [3.05, 3.63) is 64.5 Å². The van der Waals surface area contributed by atoms with Crippen molar-refractivity contribution in [2.75, 3.05) is 24.8 Å². The molecule has 30 heavy (non-hydrogen) atoms. The summed E-state index contributed by atoms with van der Waals surface area (Å²) >= 11 is 0. The molecule has 0 saturated carbocycles. The molecule has 152 valence electrons. The molecule has 9 heteroatoms. The molecular formula is C21H16N2O7. The Labute approximate surface area is 169 Å². The molecule has 2 aliphatic rings. The Balaban J connectivity index is 1.25. The van der Waals surface area contributed by atoms with Crippen molar-refractivity contribution < 1.29 is 28.2 Å². The van der Waals surface area contributed by atoms with Gasteiger partial charge in [0.2, 0.25) is 6.79 Å². The first kappa shape index (κ1) is 18.0. The summed E-state index contributed by atoms with van der Waals surface area (Å²) in [5, 5.41) is 3.05. The van der Waals surface area contributed by atoms with Crippen molar-refractivity contribution in [1.29, 1.82) is 0 Å². The highest BCUT2D eigenvalue weighted by molar-refractivity contribution is 5.93. The zero-order valence-electron chi connectivity index (χ0n) is 15.6. The molecular weight excluding hydrogens is 392 g/mol. The van der Waals surface area contributed by atoms with Crippen LogP contribution in [-0.2, 0) is 4.74 Å². The molecule has 1 saturated heterocycles. The van der Waals surface area contributed by atoms with Gasteiger partial charge in [0.1, 0.15) is 11.7 Å². The second kappa shape index (κ2) is 7.11. The number of carbonyl (C=O) groups excluding carboxylic acids is 2. The van der Waals surface area contributed by atoms with Gasteiger partial charge < -0.3 is 23.9 Å². The quantitative estimate of drug-likeness (QED) is 0.706. The minimum absolute atomic E-state index is 0.0716. The third-order valence-electron chi connectivity index (χ3n) is 4.89. The predicted octanol–water partition coefficient (Wildman–Crippen LogP) is 2.28. The fourth-order valence-corrected chi connectivity index (χ4v) is 3.40. The highest BCUT2D eigenvalue weighted by Gasteiger charge is 2.33. The standard InChI is InChI=1S/C21H16N2O7/c24-15-8-19(30-16-4-2-1-3-14(15)16)20(25)22-9-13-10-23(21(26)29-13)12-5-6-17-18(7-12)28-11-27-17/h1-8,13H,9-11H2,(H,22,25)/t13-/m1/s1. The van der Waals surface area contributed by atoms with Gasteiger partial charge in [0.05, 0.1) is 24.2 Å². The lowest BCUT2D eigenvalue weighted by Crippen LogP contribution is -2.35. The lowest BCUT2D eigenvalue weighted by molar-refractivity contribution is 0.0890. The van der Waals surface area contributed by atoms with E-state index in [0.717, 1.165) is 6.07 Å². The van der Waals surface area contributed by atoms with E-state index < -0.39 is 18.1 Å². The fraction of sp³-hybridized carbons (Fsp3) is 0.190. The molecule has 2 aromatic carbocycles. The second-order valence-electron chi connectivity index (χ2n) is 6.84. The van der Waals surface area contributed by atoms with Crippen LogP contribution >= 0.6 is 0 Å². The SMILES string of the molecule is O=C(NC[C@@H]1CN(c2ccc3c(c2)OCO3)C(=O)O1)c1cc(=O)c2ccccc2o1. The van der Waals surface area contributed by atoms with Crippen LogP contribution in [0.1, 0.15) is 10.6 Å². The summed E-state index contributed by atoms with van der Waals surface area (Å²) in [6.45, 7) is 0.464. The van der Waals surface area contributed by atoms with Crippen molar-refractivity contribution >= 4 is 28.7 Å². The lowest BCUT2D eigenvalue weighted by atomic mass is 10.2. The molecule has 5 rings (SSSR count). The minimum Gasteiger partial charge on any atom is -0.454 e. The van der Waals surface area contributed by atoms with Gasteiger partial charge in [-0.15, -0.1) is 0 Å². The maximum Gasteiger partial charge on any atom is 0.414 e. The number of carbonyl (C=O) groups is 2. The van der Waals surface area contributed by atoms with E-state index in [1.54, 1.807) is 42.5 Å². The van der Waals surface area contributed by atoms with Gasteiger partial charge in [-0.25, -0.2) is 4.79 Å². The molecule has 1 atom stereocenters. The highest BCUT2D eigenvalue weighted by Crippen LogP contribution is 2.36. The Kier molecular flexibility index (Phi) is 4.27. The molecule has 1 N–H and O–H groups in total. The van der Waals surface area contributed by atoms with Gasteiger partial charge in [-0.3, -0.25) is 14.5 Å². The van der Waals surface area contributed by atoms with Gasteiger partial charge in [-0.05, 0) is 24.3 Å². The summed E-state index contributed by atoms with van der Waals surface area (Å²) in [5.41, 5.74) is 0.637. The first-order valence-electron chi connectivity index (χ1n) is 9.27. The number of nitrogens with one attached hydrogen (secondary N) is 1. The first-order chi connectivity index (χ1) is 14.6. The number of amides is 2. The van der Waals surface area contributed by atoms with Crippen molar-refractivity contribution in [3.63, 3.8) is 0 Å². The van der Waals surface area contributed by atoms with Crippen LogP contribution in [0.25, 0.3) is 11.0 Å². The van der Waals surface area contributed by atoms with E-state index in [1.165, 1.54) is 4.90 Å². The lowest BCUT2D eigenvalue weighted by Gasteiger charge is -2.13. The normalized spacial score (nSPS) is 17.3. The van der Waals surface area contributed by atoms with Gasteiger partial charge in [0.15, 0.2) is 22.7 Å². The maximum atomic E-state index is 12.4. The number of cyclic esters (lactones) is 1. The fourth-order valence-electron chi connectivity index (χ4n) is 3.40. The predicted molar refractivity (Wildman–Crippen MR) is 105 cm³/mol. The summed E-state index contributed by atoms with van der Waals surface area (Å²) in [7, 11) is 0. The van der Waals surface area contributed by atoms with Gasteiger partial charge in [-0.1, -0.05) is 12.1 Å². The number of nitrogens with zero attached hydrogens (tertiary/aromatic N) is 1. The third-order valence-corrected chi connectivity index (χ3v) is 4.89. The summed E-state index contributed by atoms with van der Waals surface area (Å²) < 4.78 is 21.5. The topological polar surface area (TPSA) is 107 Å². The number of ether oxygens (including phenoxy) is 3. The van der Waals surface area contributed by atoms with Gasteiger partial charge in [0.25, 0.3) is 5.91 Å². The molecule has 0 aliphatic carbocycles. The second-order valence-corrected chi connectivity index (χ2v) is 6.84. The van der Waals surface area contributed by atoms with E-state index in [4.69, 9.17) is 18.6 Å². The van der Waals surface area contributed by atoms with Crippen LogP contribution in [0.2, 0.25) is 0 Å². The summed E-state index contributed by atoms with van der Waals surface area (Å²) in [6.07, 6.45) is -1.08. The molecule has 3 heterocycles. The van der Waals surface area contributed by atoms with Crippen LogP contribution in [0.15, 0.2) is 57.7 Å². The first-order valence-corrected chi connectivity index (χ1v) is 9.27. The van der Waals surface area contributed by atoms with Gasteiger partial charge in [0, 0.05) is 12.1 Å². The van der Waals surface area contributed by atoms with Crippen LogP contribution in [0.4, 0.5) is 10.5 Å². The third kappa shape index (κ3) is 3.20. The maximum absolute atomic E-state index is 12.4. The Bertz CT molecular complexity index is 1220. The molecule has 3 aromatic rings. The van der Waals surface area contributed by atoms with Crippen LogP contribution in [0.3, 0.4) is 0 Å². The molecule has 9 nitrogen and oxygen atoms in total. The van der Waals surface area contributed by atoms with Crippen LogP contribution in [0.5, 0.6) is 11.5 Å². The van der Waals surface area contributed by atoms with Crippen LogP contribution in [0, 0.1) is 0 Å². The van der Waals surface area contributed by atoms with Crippen molar-refractivity contribution in [2.45, 2.75) is 6.10 Å². The number of anilines is 1. The molecule has 0 bridgehead atoms. The number of benzene rings is 2. The van der Waals surface area contributed by atoms with Crippen molar-refractivity contribution in [1.82, 2.24) is 5.32 Å². The number of rotatable bonds is 4. The average Bonchev–Trinajstić information content (AvgIpc) is 3.37. The summed E-state index contributed by atoms with van der Waals surface area (Å²) in [6, 6.07) is 13.0. The van der Waals surface area contributed by atoms with Gasteiger partial charge in [-0.2, -0.15) is 0 Å². The van der Waals surface area contributed by atoms with E-state index in [-0.39, 0.29) is 31.1 Å². The highest BCUT2D eigenvalue weighted by atomic mass is 16.7. The van der Waals surface area contributed by atoms with E-state index in [0.29, 0.717) is 28.2 Å². The smallest absolute Gasteiger partial charge is 0.414 e. The average molecular weight is 408 g/mol. The Hall–Kier alpha value is -4.01. The van der Waals surface area contributed by atoms with Crippen molar-refractivity contribution in [3.8, 4) is 11.5 Å². The van der Waals surface area contributed by atoms with Gasteiger partial charge >= 0.3 is 6.09 Å². The largest absolute Gasteiger partial charge is 0.454 e. The summed E-state index contributed by atoms with van der Waals surface area (Å²) in [5.74, 6) is 0.515. The Morgan fingerprint density at radius 3 is 2.80 bits per heavy atom. The molecule has 1 aromatic heterocycles. The molecule has 0 radical (unpaired) electrons. The number of hydrogen-bond donors (Lipinski definition) is 1. The number of fused-ring (bicyclic) bond motifs is 2. The van der Waals surface area contributed by atoms with E-state index in [2.05, 4.69) is 5.32 Å². The zero-order chi connectivity index (χ0) is 20.7. The molecule has 1 fully saturated rings. The Morgan fingerprint density at radius 1 is 1.07 bits per heavy atom. The molecule has 2 amide bonds. The molecule has 2 aliphatic heterocycles. The number of hydrogen-bond acceptors (Lipinski definition) is 7. The molecule has 0 unspecified atom stereocenters. The summed E-state index contributed by atoms with van der Waals surface area (Å²) in [4.78, 5) is 38.3. The van der Waals surface area contributed by atoms with Crippen molar-refractivity contribution in [2.24, 2.45) is 0 Å². The molecule has 0 spiro atoms. The Morgan fingerprint density at radius 2 is 1.90 bits per heavy atom. The zero-order valence-corrected chi connectivity index (χ0v) is 15.6. The minimum atomic E-state index is -0.560.